The van der Waals surface area contributed by atoms with Crippen LogP contribution >= 0.6 is 0 Å². The lowest BCUT2D eigenvalue weighted by atomic mass is 10.2. The average molecular weight is 189 g/mol. The Morgan fingerprint density at radius 2 is 2.07 bits per heavy atom. The van der Waals surface area contributed by atoms with Gasteiger partial charge in [0.25, 0.3) is 0 Å². The quantitative estimate of drug-likeness (QED) is 0.713. The van der Waals surface area contributed by atoms with Crippen LogP contribution in [0.25, 0.3) is 11.3 Å². The van der Waals surface area contributed by atoms with Gasteiger partial charge in [-0.1, -0.05) is 0 Å². The Morgan fingerprint density at radius 3 is 2.64 bits per heavy atom. The van der Waals surface area contributed by atoms with E-state index in [2.05, 4.69) is 14.4 Å². The van der Waals surface area contributed by atoms with E-state index in [-0.39, 0.29) is 0 Å². The van der Waals surface area contributed by atoms with E-state index in [9.17, 15) is 4.79 Å². The second kappa shape index (κ2) is 3.29. The molecule has 5 nitrogen and oxygen atoms in total. The molecule has 0 bridgehead atoms. The highest BCUT2D eigenvalue weighted by Crippen LogP contribution is 2.13. The molecule has 5 heteroatoms. The van der Waals surface area contributed by atoms with E-state index in [1.807, 2.05) is 0 Å². The number of rotatable bonds is 1. The van der Waals surface area contributed by atoms with E-state index >= 15 is 0 Å². The highest BCUT2D eigenvalue weighted by Gasteiger charge is 1.99. The lowest BCUT2D eigenvalue weighted by Gasteiger charge is -1.97. The maximum atomic E-state index is 10.7. The summed E-state index contributed by atoms with van der Waals surface area (Å²) in [6.45, 7) is 0. The minimum absolute atomic E-state index is 0.353. The highest BCUT2D eigenvalue weighted by molar-refractivity contribution is 5.56. The summed E-state index contributed by atoms with van der Waals surface area (Å²) in [4.78, 5) is 18.6. The average Bonchev–Trinajstić information content (AvgIpc) is 2.21. The number of nitrogens with zero attached hydrogens (tertiary/aromatic N) is 2. The van der Waals surface area contributed by atoms with Crippen molar-refractivity contribution in [2.24, 2.45) is 0 Å². The minimum Gasteiger partial charge on any atom is -0.431 e. The van der Waals surface area contributed by atoms with Crippen molar-refractivity contribution < 1.29 is 4.42 Å². The molecule has 0 radical (unpaired) electrons. The summed E-state index contributed by atoms with van der Waals surface area (Å²) in [6, 6.07) is 2.94. The zero-order valence-electron chi connectivity index (χ0n) is 7.18. The Balaban J connectivity index is 2.44. The van der Waals surface area contributed by atoms with Crippen molar-refractivity contribution in [3.05, 3.63) is 41.2 Å². The summed E-state index contributed by atoms with van der Waals surface area (Å²) in [7, 11) is 0. The molecule has 14 heavy (non-hydrogen) atoms. The number of nitrogens with two attached hydrogens (primary N) is 1. The predicted octanol–water partition coefficient (Wildman–Crippen LogP) is 0.679. The highest BCUT2D eigenvalue weighted by atomic mass is 16.4. The van der Waals surface area contributed by atoms with Gasteiger partial charge in [0.15, 0.2) is 0 Å². The first-order valence-corrected chi connectivity index (χ1v) is 3.92. The molecule has 0 saturated carbocycles. The van der Waals surface area contributed by atoms with Crippen LogP contribution in [0.3, 0.4) is 0 Å². The molecular formula is C9H7N3O2. The van der Waals surface area contributed by atoms with Crippen molar-refractivity contribution in [1.29, 1.82) is 0 Å². The van der Waals surface area contributed by atoms with E-state index in [4.69, 9.17) is 5.73 Å². The Morgan fingerprint density at radius 1 is 1.21 bits per heavy atom. The topological polar surface area (TPSA) is 82.0 Å². The SMILES string of the molecule is Nc1cnc(-c2ccc(=O)oc2)cn1. The third-order valence-electron chi connectivity index (χ3n) is 1.67. The van der Waals surface area contributed by atoms with Crippen LogP contribution in [-0.4, -0.2) is 9.97 Å². The second-order valence-corrected chi connectivity index (χ2v) is 2.67. The fraction of sp³-hybridized carbons (Fsp3) is 0. The van der Waals surface area contributed by atoms with E-state index in [1.54, 1.807) is 6.07 Å². The van der Waals surface area contributed by atoms with Crippen molar-refractivity contribution in [2.45, 2.75) is 0 Å². The van der Waals surface area contributed by atoms with Gasteiger partial charge in [-0.2, -0.15) is 0 Å². The van der Waals surface area contributed by atoms with Crippen LogP contribution < -0.4 is 11.4 Å². The van der Waals surface area contributed by atoms with Crippen molar-refractivity contribution in [3.63, 3.8) is 0 Å². The van der Waals surface area contributed by atoms with E-state index in [0.717, 1.165) is 0 Å². The smallest absolute Gasteiger partial charge is 0.335 e. The molecule has 0 amide bonds. The van der Waals surface area contributed by atoms with Crippen LogP contribution in [0.5, 0.6) is 0 Å². The molecule has 2 aromatic heterocycles. The molecule has 0 aromatic carbocycles. The first-order valence-electron chi connectivity index (χ1n) is 3.92. The zero-order valence-corrected chi connectivity index (χ0v) is 7.18. The number of aromatic nitrogens is 2. The summed E-state index contributed by atoms with van der Waals surface area (Å²) in [5.74, 6) is 0.353. The maximum Gasteiger partial charge on any atom is 0.335 e. The fourth-order valence-corrected chi connectivity index (χ4v) is 0.991. The summed E-state index contributed by atoms with van der Waals surface area (Å²) >= 11 is 0. The van der Waals surface area contributed by atoms with Gasteiger partial charge in [-0.15, -0.1) is 0 Å². The second-order valence-electron chi connectivity index (χ2n) is 2.67. The molecule has 0 saturated heterocycles. The molecule has 2 N–H and O–H groups in total. The number of nitrogen functional groups attached to an aromatic ring is 1. The number of hydrogen-bond donors (Lipinski definition) is 1. The third kappa shape index (κ3) is 1.61. The Hall–Kier alpha value is -2.17. The van der Waals surface area contributed by atoms with Crippen LogP contribution in [-0.2, 0) is 0 Å². The summed E-state index contributed by atoms with van der Waals surface area (Å²) in [5, 5.41) is 0. The van der Waals surface area contributed by atoms with Crippen molar-refractivity contribution >= 4 is 5.82 Å². The van der Waals surface area contributed by atoms with Gasteiger partial charge in [0.2, 0.25) is 0 Å². The summed E-state index contributed by atoms with van der Waals surface area (Å²) in [5.41, 5.74) is 6.30. The Bertz CT molecular complexity index is 470. The monoisotopic (exact) mass is 189 g/mol. The molecule has 0 atom stereocenters. The van der Waals surface area contributed by atoms with Gasteiger partial charge in [-0.05, 0) is 6.07 Å². The molecule has 2 rings (SSSR count). The summed E-state index contributed by atoms with van der Waals surface area (Å²) < 4.78 is 4.69. The fourth-order valence-electron chi connectivity index (χ4n) is 0.991. The van der Waals surface area contributed by atoms with Gasteiger partial charge in [0.05, 0.1) is 18.1 Å². The molecule has 0 aliphatic carbocycles. The van der Waals surface area contributed by atoms with Crippen LogP contribution in [0, 0.1) is 0 Å². The van der Waals surface area contributed by atoms with Crippen LogP contribution in [0.1, 0.15) is 0 Å². The standard InChI is InChI=1S/C9H7N3O2/c10-8-4-11-7(3-12-8)6-1-2-9(13)14-5-6/h1-5H,(H2,10,12). The summed E-state index contributed by atoms with van der Waals surface area (Å²) in [6.07, 6.45) is 4.30. The number of hydrogen-bond acceptors (Lipinski definition) is 5. The van der Waals surface area contributed by atoms with E-state index in [1.165, 1.54) is 24.7 Å². The molecule has 2 aromatic rings. The van der Waals surface area contributed by atoms with Gasteiger partial charge >= 0.3 is 5.63 Å². The predicted molar refractivity (Wildman–Crippen MR) is 50.4 cm³/mol. The van der Waals surface area contributed by atoms with Crippen LogP contribution in [0.2, 0.25) is 0 Å². The van der Waals surface area contributed by atoms with Gasteiger partial charge in [-0.25, -0.2) is 9.78 Å². The van der Waals surface area contributed by atoms with Gasteiger partial charge in [-0.3, -0.25) is 4.98 Å². The van der Waals surface area contributed by atoms with Crippen molar-refractivity contribution in [1.82, 2.24) is 9.97 Å². The van der Waals surface area contributed by atoms with Crippen LogP contribution in [0.15, 0.2) is 40.0 Å². The molecule has 0 aliphatic heterocycles. The van der Waals surface area contributed by atoms with Gasteiger partial charge < -0.3 is 10.2 Å². The lowest BCUT2D eigenvalue weighted by molar-refractivity contribution is 0.512. The molecule has 0 aliphatic rings. The normalized spacial score (nSPS) is 10.0. The first-order chi connectivity index (χ1) is 6.75. The zero-order chi connectivity index (χ0) is 9.97. The van der Waals surface area contributed by atoms with Gasteiger partial charge in [0.1, 0.15) is 12.1 Å². The van der Waals surface area contributed by atoms with Crippen molar-refractivity contribution in [3.8, 4) is 11.3 Å². The Labute approximate surface area is 79.2 Å². The van der Waals surface area contributed by atoms with Crippen LogP contribution in [0.4, 0.5) is 5.82 Å². The first kappa shape index (κ1) is 8.43. The molecule has 70 valence electrons. The third-order valence-corrected chi connectivity index (χ3v) is 1.67. The number of anilines is 1. The molecule has 0 spiro atoms. The molecule has 0 fully saturated rings. The maximum absolute atomic E-state index is 10.7. The molecular weight excluding hydrogens is 182 g/mol. The van der Waals surface area contributed by atoms with Gasteiger partial charge in [0, 0.05) is 11.6 Å². The lowest BCUT2D eigenvalue weighted by Crippen LogP contribution is -1.96. The molecule has 2 heterocycles. The molecule has 0 unspecified atom stereocenters. The van der Waals surface area contributed by atoms with Crippen molar-refractivity contribution in [2.75, 3.05) is 5.73 Å². The van der Waals surface area contributed by atoms with E-state index < -0.39 is 5.63 Å². The Kier molecular flexibility index (Phi) is 1.98. The van der Waals surface area contributed by atoms with E-state index in [0.29, 0.717) is 17.1 Å². The minimum atomic E-state index is -0.392. The largest absolute Gasteiger partial charge is 0.431 e.